The molecule has 110 valence electrons. The summed E-state index contributed by atoms with van der Waals surface area (Å²) in [6, 6.07) is 0.733. The van der Waals surface area contributed by atoms with Crippen LogP contribution < -0.4 is 0 Å². The normalized spacial score (nSPS) is 33.6. The van der Waals surface area contributed by atoms with E-state index in [1.165, 1.54) is 63.1 Å². The Bertz CT molecular complexity index is 280. The third-order valence-electron chi connectivity index (χ3n) is 5.29. The van der Waals surface area contributed by atoms with Crippen LogP contribution in [0.2, 0.25) is 0 Å². The number of aliphatic hydroxyl groups is 1. The fourth-order valence-electron chi connectivity index (χ4n) is 3.91. The lowest BCUT2D eigenvalue weighted by atomic mass is 9.84. The van der Waals surface area contributed by atoms with Gasteiger partial charge >= 0.3 is 0 Å². The molecule has 0 aromatic rings. The average molecular weight is 285 g/mol. The molecule has 4 heteroatoms. The van der Waals surface area contributed by atoms with Crippen LogP contribution in [0.4, 0.5) is 0 Å². The van der Waals surface area contributed by atoms with Crippen molar-refractivity contribution >= 4 is 11.8 Å². The van der Waals surface area contributed by atoms with Gasteiger partial charge in [0.15, 0.2) is 0 Å². The zero-order valence-electron chi connectivity index (χ0n) is 11.9. The van der Waals surface area contributed by atoms with Crippen LogP contribution in [-0.4, -0.2) is 59.5 Å². The third kappa shape index (κ3) is 3.29. The van der Waals surface area contributed by atoms with Crippen LogP contribution >= 0.6 is 11.8 Å². The molecule has 0 aromatic carbocycles. The van der Waals surface area contributed by atoms with E-state index >= 15 is 0 Å². The van der Waals surface area contributed by atoms with Gasteiger partial charge in [-0.25, -0.2) is 0 Å². The van der Waals surface area contributed by atoms with Gasteiger partial charge in [0.05, 0.1) is 5.60 Å². The Hall–Kier alpha value is 0.230. The molecule has 3 aliphatic rings. The number of rotatable bonds is 2. The molecule has 3 heterocycles. The van der Waals surface area contributed by atoms with E-state index in [-0.39, 0.29) is 5.60 Å². The smallest absolute Gasteiger partial charge is 0.0713 e. The van der Waals surface area contributed by atoms with Gasteiger partial charge in [0.2, 0.25) is 0 Å². The zero-order valence-corrected chi connectivity index (χ0v) is 12.7. The van der Waals surface area contributed by atoms with Gasteiger partial charge in [0.1, 0.15) is 0 Å². The summed E-state index contributed by atoms with van der Waals surface area (Å²) in [6.07, 6.45) is 7.31. The predicted molar refractivity (Wildman–Crippen MR) is 79.6 cm³/mol. The number of hydrogen-bond donors (Lipinski definition) is 1. The standard InChI is InChI=1S/C15H27NO2S/c17-12-13-1-6-16(7-2-13)14-3-8-18-15(11-14)4-9-19-10-5-15/h13-14,17H,1-12H2. The van der Waals surface area contributed by atoms with Crippen molar-refractivity contribution in [1.82, 2.24) is 4.90 Å². The molecule has 1 unspecified atom stereocenters. The van der Waals surface area contributed by atoms with E-state index in [0.29, 0.717) is 12.5 Å². The lowest BCUT2D eigenvalue weighted by Gasteiger charge is -2.47. The van der Waals surface area contributed by atoms with Crippen molar-refractivity contribution in [3.05, 3.63) is 0 Å². The van der Waals surface area contributed by atoms with E-state index in [9.17, 15) is 5.11 Å². The van der Waals surface area contributed by atoms with Crippen LogP contribution in [0.3, 0.4) is 0 Å². The fourth-order valence-corrected chi connectivity index (χ4v) is 5.14. The summed E-state index contributed by atoms with van der Waals surface area (Å²) >= 11 is 2.08. The van der Waals surface area contributed by atoms with Crippen LogP contribution in [-0.2, 0) is 4.74 Å². The Morgan fingerprint density at radius 1 is 1.16 bits per heavy atom. The molecular weight excluding hydrogens is 258 g/mol. The van der Waals surface area contributed by atoms with Crippen LogP contribution in [0.5, 0.6) is 0 Å². The van der Waals surface area contributed by atoms with Gasteiger partial charge in [-0.15, -0.1) is 0 Å². The number of piperidine rings is 1. The first-order chi connectivity index (χ1) is 9.31. The molecule has 3 rings (SSSR count). The van der Waals surface area contributed by atoms with Crippen molar-refractivity contribution in [1.29, 1.82) is 0 Å². The molecule has 0 amide bonds. The quantitative estimate of drug-likeness (QED) is 0.842. The van der Waals surface area contributed by atoms with Gasteiger partial charge in [-0.3, -0.25) is 0 Å². The molecule has 19 heavy (non-hydrogen) atoms. The van der Waals surface area contributed by atoms with Gasteiger partial charge in [-0.2, -0.15) is 11.8 Å². The first-order valence-electron chi connectivity index (χ1n) is 7.88. The first kappa shape index (κ1) is 14.2. The molecule has 0 radical (unpaired) electrons. The number of hydrogen-bond acceptors (Lipinski definition) is 4. The lowest BCUT2D eigenvalue weighted by molar-refractivity contribution is -0.113. The molecule has 3 aliphatic heterocycles. The van der Waals surface area contributed by atoms with E-state index in [1.54, 1.807) is 0 Å². The highest BCUT2D eigenvalue weighted by Gasteiger charge is 2.40. The molecule has 0 aromatic heterocycles. The predicted octanol–water partition coefficient (Wildman–Crippen LogP) is 2.14. The molecule has 3 nitrogen and oxygen atoms in total. The number of likely N-dealkylation sites (tertiary alicyclic amines) is 1. The van der Waals surface area contributed by atoms with Crippen LogP contribution in [0.1, 0.15) is 38.5 Å². The summed E-state index contributed by atoms with van der Waals surface area (Å²) in [4.78, 5) is 2.68. The first-order valence-corrected chi connectivity index (χ1v) is 9.03. The highest BCUT2D eigenvalue weighted by atomic mass is 32.2. The second kappa shape index (κ2) is 6.33. The van der Waals surface area contributed by atoms with Gasteiger partial charge in [-0.05, 0) is 69.0 Å². The van der Waals surface area contributed by atoms with Crippen LogP contribution in [0, 0.1) is 5.92 Å². The maximum absolute atomic E-state index is 9.25. The van der Waals surface area contributed by atoms with E-state index in [4.69, 9.17) is 4.74 Å². The van der Waals surface area contributed by atoms with E-state index in [1.807, 2.05) is 0 Å². The zero-order chi connectivity index (χ0) is 13.1. The van der Waals surface area contributed by atoms with Gasteiger partial charge in [-0.1, -0.05) is 0 Å². The summed E-state index contributed by atoms with van der Waals surface area (Å²) in [7, 11) is 0. The molecule has 1 atom stereocenters. The SMILES string of the molecule is OCC1CCN(C2CCOC3(CCSCC3)C2)CC1. The Morgan fingerprint density at radius 2 is 1.89 bits per heavy atom. The van der Waals surface area contributed by atoms with Crippen LogP contribution in [0.15, 0.2) is 0 Å². The highest BCUT2D eigenvalue weighted by molar-refractivity contribution is 7.99. The van der Waals surface area contributed by atoms with Crippen molar-refractivity contribution in [2.75, 3.05) is 37.8 Å². The number of nitrogens with zero attached hydrogens (tertiary/aromatic N) is 1. The third-order valence-corrected chi connectivity index (χ3v) is 6.28. The molecular formula is C15H27NO2S. The summed E-state index contributed by atoms with van der Waals surface area (Å²) in [5, 5.41) is 9.25. The monoisotopic (exact) mass is 285 g/mol. The Kier molecular flexibility index (Phi) is 4.73. The van der Waals surface area contributed by atoms with Crippen molar-refractivity contribution < 1.29 is 9.84 Å². The molecule has 1 spiro atoms. The van der Waals surface area contributed by atoms with Crippen molar-refractivity contribution in [2.45, 2.75) is 50.2 Å². The highest BCUT2D eigenvalue weighted by Crippen LogP contribution is 2.39. The fraction of sp³-hybridized carbons (Fsp3) is 1.00. The molecule has 3 saturated heterocycles. The summed E-state index contributed by atoms with van der Waals surface area (Å²) in [5.74, 6) is 3.11. The molecule has 0 saturated carbocycles. The van der Waals surface area contributed by atoms with Crippen molar-refractivity contribution in [3.8, 4) is 0 Å². The number of aliphatic hydroxyl groups excluding tert-OH is 1. The minimum Gasteiger partial charge on any atom is -0.396 e. The topological polar surface area (TPSA) is 32.7 Å². The van der Waals surface area contributed by atoms with E-state index < -0.39 is 0 Å². The Balaban J connectivity index is 1.56. The van der Waals surface area contributed by atoms with Gasteiger partial charge in [0, 0.05) is 19.3 Å². The van der Waals surface area contributed by atoms with Crippen molar-refractivity contribution in [3.63, 3.8) is 0 Å². The lowest BCUT2D eigenvalue weighted by Crippen LogP contribution is -2.52. The number of ether oxygens (including phenoxy) is 1. The van der Waals surface area contributed by atoms with Gasteiger partial charge < -0.3 is 14.7 Å². The maximum Gasteiger partial charge on any atom is 0.0713 e. The maximum atomic E-state index is 9.25. The van der Waals surface area contributed by atoms with Crippen LogP contribution in [0.25, 0.3) is 0 Å². The van der Waals surface area contributed by atoms with Crippen molar-refractivity contribution in [2.24, 2.45) is 5.92 Å². The summed E-state index contributed by atoms with van der Waals surface area (Å²) in [5.41, 5.74) is 0.210. The largest absolute Gasteiger partial charge is 0.396 e. The minimum atomic E-state index is 0.210. The molecule has 0 bridgehead atoms. The van der Waals surface area contributed by atoms with Gasteiger partial charge in [0.25, 0.3) is 0 Å². The summed E-state index contributed by atoms with van der Waals surface area (Å²) in [6.45, 7) is 3.69. The minimum absolute atomic E-state index is 0.210. The summed E-state index contributed by atoms with van der Waals surface area (Å²) < 4.78 is 6.19. The number of thioether (sulfide) groups is 1. The van der Waals surface area contributed by atoms with E-state index in [0.717, 1.165) is 12.6 Å². The molecule has 1 N–H and O–H groups in total. The Labute approximate surface area is 121 Å². The second-order valence-electron chi connectivity index (χ2n) is 6.45. The Morgan fingerprint density at radius 3 is 2.58 bits per heavy atom. The molecule has 3 fully saturated rings. The average Bonchev–Trinajstić information content (AvgIpc) is 2.48. The molecule has 0 aliphatic carbocycles. The van der Waals surface area contributed by atoms with E-state index in [2.05, 4.69) is 16.7 Å². The second-order valence-corrected chi connectivity index (χ2v) is 7.68.